The molecule has 1 aromatic rings. The Bertz CT molecular complexity index is 237. The molecule has 2 nitrogen and oxygen atoms in total. The van der Waals surface area contributed by atoms with Crippen molar-refractivity contribution in [2.75, 3.05) is 0 Å². The molecule has 1 rings (SSSR count). The lowest BCUT2D eigenvalue weighted by molar-refractivity contribution is 0.468. The van der Waals surface area contributed by atoms with Crippen LogP contribution in [-0.2, 0) is 6.54 Å². The number of hydrogen-bond donors (Lipinski definition) is 3. The van der Waals surface area contributed by atoms with Crippen LogP contribution in [0.4, 0.5) is 0 Å². The van der Waals surface area contributed by atoms with E-state index in [-0.39, 0.29) is 5.75 Å². The average Bonchev–Trinajstić information content (AvgIpc) is 1.94. The van der Waals surface area contributed by atoms with E-state index in [1.54, 1.807) is 18.2 Å². The molecule has 0 atom stereocenters. The van der Waals surface area contributed by atoms with Crippen molar-refractivity contribution in [3.8, 4) is 5.75 Å². The van der Waals surface area contributed by atoms with Crippen LogP contribution < -0.4 is 5.73 Å². The summed E-state index contributed by atoms with van der Waals surface area (Å²) in [5.41, 5.74) is 6.05. The van der Waals surface area contributed by atoms with Gasteiger partial charge in [-0.3, -0.25) is 0 Å². The average molecular weight is 155 g/mol. The lowest BCUT2D eigenvalue weighted by Crippen LogP contribution is -1.95. The van der Waals surface area contributed by atoms with E-state index in [1.165, 1.54) is 0 Å². The number of thiol groups is 1. The molecule has 0 heterocycles. The highest BCUT2D eigenvalue weighted by Gasteiger charge is 1.96. The minimum absolute atomic E-state index is 0.236. The van der Waals surface area contributed by atoms with E-state index in [0.717, 1.165) is 10.5 Å². The predicted octanol–water partition coefficient (Wildman–Crippen LogP) is 1.14. The summed E-state index contributed by atoms with van der Waals surface area (Å²) in [7, 11) is 0. The summed E-state index contributed by atoms with van der Waals surface area (Å²) in [5, 5.41) is 9.12. The van der Waals surface area contributed by atoms with Crippen LogP contribution in [0.5, 0.6) is 5.75 Å². The van der Waals surface area contributed by atoms with E-state index in [2.05, 4.69) is 12.6 Å². The fourth-order valence-corrected chi connectivity index (χ4v) is 0.966. The Labute approximate surface area is 65.1 Å². The van der Waals surface area contributed by atoms with Crippen molar-refractivity contribution in [2.24, 2.45) is 5.73 Å². The first-order valence-corrected chi connectivity index (χ1v) is 3.39. The monoisotopic (exact) mass is 155 g/mol. The van der Waals surface area contributed by atoms with Crippen LogP contribution in [0.2, 0.25) is 0 Å². The SMILES string of the molecule is NCc1cc(S)ccc1O. The quantitative estimate of drug-likeness (QED) is 0.532. The second kappa shape index (κ2) is 2.94. The molecule has 0 spiro atoms. The van der Waals surface area contributed by atoms with Gasteiger partial charge in [-0.25, -0.2) is 0 Å². The summed E-state index contributed by atoms with van der Waals surface area (Å²) in [6.45, 7) is 0.347. The maximum atomic E-state index is 9.12. The van der Waals surface area contributed by atoms with E-state index >= 15 is 0 Å². The van der Waals surface area contributed by atoms with Crippen molar-refractivity contribution >= 4 is 12.6 Å². The predicted molar refractivity (Wildman–Crippen MR) is 43.3 cm³/mol. The molecule has 0 aliphatic heterocycles. The third kappa shape index (κ3) is 1.43. The third-order valence-corrected chi connectivity index (χ3v) is 1.56. The van der Waals surface area contributed by atoms with Gasteiger partial charge in [0.15, 0.2) is 0 Å². The Kier molecular flexibility index (Phi) is 2.19. The van der Waals surface area contributed by atoms with Crippen LogP contribution in [0.1, 0.15) is 5.56 Å². The Morgan fingerprint density at radius 2 is 2.20 bits per heavy atom. The Morgan fingerprint density at radius 3 is 2.70 bits per heavy atom. The van der Waals surface area contributed by atoms with Crippen molar-refractivity contribution in [3.63, 3.8) is 0 Å². The second-order valence-electron chi connectivity index (χ2n) is 2.02. The highest BCUT2D eigenvalue weighted by atomic mass is 32.1. The van der Waals surface area contributed by atoms with Gasteiger partial charge in [0.2, 0.25) is 0 Å². The maximum Gasteiger partial charge on any atom is 0.120 e. The van der Waals surface area contributed by atoms with Gasteiger partial charge in [0.1, 0.15) is 5.75 Å². The number of nitrogens with two attached hydrogens (primary N) is 1. The highest BCUT2D eigenvalue weighted by molar-refractivity contribution is 7.80. The van der Waals surface area contributed by atoms with Crippen molar-refractivity contribution in [2.45, 2.75) is 11.4 Å². The molecule has 0 saturated carbocycles. The van der Waals surface area contributed by atoms with Crippen molar-refractivity contribution in [3.05, 3.63) is 23.8 Å². The molecule has 0 radical (unpaired) electrons. The van der Waals surface area contributed by atoms with Crippen LogP contribution in [0.15, 0.2) is 23.1 Å². The van der Waals surface area contributed by atoms with Crippen LogP contribution in [0, 0.1) is 0 Å². The molecule has 0 unspecified atom stereocenters. The normalized spacial score (nSPS) is 9.80. The second-order valence-corrected chi connectivity index (χ2v) is 2.53. The van der Waals surface area contributed by atoms with Gasteiger partial charge in [0.25, 0.3) is 0 Å². The van der Waals surface area contributed by atoms with E-state index < -0.39 is 0 Å². The van der Waals surface area contributed by atoms with E-state index in [4.69, 9.17) is 10.8 Å². The zero-order valence-electron chi connectivity index (χ0n) is 5.41. The van der Waals surface area contributed by atoms with E-state index in [1.807, 2.05) is 0 Å². The largest absolute Gasteiger partial charge is 0.508 e. The van der Waals surface area contributed by atoms with Crippen LogP contribution in [-0.4, -0.2) is 5.11 Å². The van der Waals surface area contributed by atoms with Crippen LogP contribution in [0.25, 0.3) is 0 Å². The Balaban J connectivity index is 3.09. The zero-order valence-corrected chi connectivity index (χ0v) is 6.31. The van der Waals surface area contributed by atoms with Gasteiger partial charge in [0, 0.05) is 17.0 Å². The maximum absolute atomic E-state index is 9.12. The molecule has 0 aliphatic carbocycles. The van der Waals surface area contributed by atoms with Gasteiger partial charge >= 0.3 is 0 Å². The zero-order chi connectivity index (χ0) is 7.56. The molecular weight excluding hydrogens is 146 g/mol. The van der Waals surface area contributed by atoms with Gasteiger partial charge in [-0.2, -0.15) is 0 Å². The van der Waals surface area contributed by atoms with Crippen molar-refractivity contribution < 1.29 is 5.11 Å². The molecule has 3 N–H and O–H groups in total. The lowest BCUT2D eigenvalue weighted by Gasteiger charge is -2.00. The van der Waals surface area contributed by atoms with Gasteiger partial charge in [0.05, 0.1) is 0 Å². The molecule has 0 fully saturated rings. The highest BCUT2D eigenvalue weighted by Crippen LogP contribution is 2.19. The fraction of sp³-hybridized carbons (Fsp3) is 0.143. The summed E-state index contributed by atoms with van der Waals surface area (Å²) in [6.07, 6.45) is 0. The van der Waals surface area contributed by atoms with Gasteiger partial charge in [-0.15, -0.1) is 12.6 Å². The number of phenolic OH excluding ortho intramolecular Hbond substituents is 1. The smallest absolute Gasteiger partial charge is 0.120 e. The summed E-state index contributed by atoms with van der Waals surface area (Å²) in [6, 6.07) is 5.06. The minimum Gasteiger partial charge on any atom is -0.508 e. The Morgan fingerprint density at radius 1 is 1.50 bits per heavy atom. The standard InChI is InChI=1S/C7H9NOS/c8-4-5-3-6(10)1-2-7(5)9/h1-3,9-10H,4,8H2. The molecule has 0 bridgehead atoms. The minimum atomic E-state index is 0.236. The van der Waals surface area contributed by atoms with Crippen molar-refractivity contribution in [1.29, 1.82) is 0 Å². The van der Waals surface area contributed by atoms with Crippen molar-refractivity contribution in [1.82, 2.24) is 0 Å². The van der Waals surface area contributed by atoms with Gasteiger partial charge in [-0.1, -0.05) is 0 Å². The number of benzene rings is 1. The molecule has 54 valence electrons. The summed E-state index contributed by atoms with van der Waals surface area (Å²) < 4.78 is 0. The number of phenols is 1. The van der Waals surface area contributed by atoms with E-state index in [9.17, 15) is 0 Å². The lowest BCUT2D eigenvalue weighted by atomic mass is 10.2. The first-order valence-electron chi connectivity index (χ1n) is 2.95. The Hall–Kier alpha value is -0.670. The number of rotatable bonds is 1. The van der Waals surface area contributed by atoms with E-state index in [0.29, 0.717) is 6.54 Å². The summed E-state index contributed by atoms with van der Waals surface area (Å²) in [4.78, 5) is 0.818. The number of hydrogen-bond acceptors (Lipinski definition) is 3. The molecular formula is C7H9NOS. The third-order valence-electron chi connectivity index (χ3n) is 1.28. The topological polar surface area (TPSA) is 46.2 Å². The van der Waals surface area contributed by atoms with Gasteiger partial charge in [-0.05, 0) is 18.2 Å². The van der Waals surface area contributed by atoms with Gasteiger partial charge < -0.3 is 10.8 Å². The molecule has 0 amide bonds. The molecule has 10 heavy (non-hydrogen) atoms. The number of aromatic hydroxyl groups is 1. The first kappa shape index (κ1) is 7.44. The molecule has 3 heteroatoms. The molecule has 0 aliphatic rings. The summed E-state index contributed by atoms with van der Waals surface area (Å²) in [5.74, 6) is 0.236. The summed E-state index contributed by atoms with van der Waals surface area (Å²) >= 11 is 4.09. The van der Waals surface area contributed by atoms with Crippen LogP contribution in [0.3, 0.4) is 0 Å². The fourth-order valence-electron chi connectivity index (χ4n) is 0.735. The molecule has 0 aromatic heterocycles. The molecule has 1 aromatic carbocycles. The molecule has 0 saturated heterocycles. The van der Waals surface area contributed by atoms with Crippen LogP contribution >= 0.6 is 12.6 Å². The first-order chi connectivity index (χ1) is 4.74.